The first-order chi connectivity index (χ1) is 14.2. The molecular weight excluding hydrogens is 364 g/mol. The Kier molecular flexibility index (Phi) is 6.82. The Morgan fingerprint density at radius 1 is 0.759 bits per heavy atom. The van der Waals surface area contributed by atoms with E-state index >= 15 is 0 Å². The third-order valence-corrected chi connectivity index (χ3v) is 6.69. The van der Waals surface area contributed by atoms with Crippen molar-refractivity contribution >= 4 is 11.8 Å². The molecule has 1 aromatic rings. The van der Waals surface area contributed by atoms with Crippen molar-refractivity contribution in [1.29, 1.82) is 0 Å². The summed E-state index contributed by atoms with van der Waals surface area (Å²) in [5.74, 6) is 0.677. The maximum atomic E-state index is 12.7. The van der Waals surface area contributed by atoms with E-state index in [-0.39, 0.29) is 11.8 Å². The number of rotatable bonds is 5. The van der Waals surface area contributed by atoms with Gasteiger partial charge in [-0.1, -0.05) is 30.3 Å². The predicted molar refractivity (Wildman–Crippen MR) is 113 cm³/mol. The number of hydrogen-bond donors (Lipinski definition) is 0. The molecule has 0 unspecified atom stereocenters. The van der Waals surface area contributed by atoms with Crippen molar-refractivity contribution in [3.63, 3.8) is 0 Å². The first-order valence-electron chi connectivity index (χ1n) is 11.2. The number of likely N-dealkylation sites (tertiary alicyclic amines) is 2. The molecule has 0 aliphatic carbocycles. The van der Waals surface area contributed by atoms with Crippen LogP contribution in [0.2, 0.25) is 0 Å². The summed E-state index contributed by atoms with van der Waals surface area (Å²) in [6.45, 7) is 8.73. The lowest BCUT2D eigenvalue weighted by atomic mass is 9.95. The van der Waals surface area contributed by atoms with Crippen molar-refractivity contribution in [3.05, 3.63) is 35.9 Å². The molecule has 158 valence electrons. The first-order valence-corrected chi connectivity index (χ1v) is 11.2. The highest BCUT2D eigenvalue weighted by Crippen LogP contribution is 2.22. The summed E-state index contributed by atoms with van der Waals surface area (Å²) in [5.41, 5.74) is 1.35. The fourth-order valence-electron chi connectivity index (χ4n) is 4.81. The van der Waals surface area contributed by atoms with Gasteiger partial charge >= 0.3 is 0 Å². The van der Waals surface area contributed by atoms with E-state index < -0.39 is 0 Å². The summed E-state index contributed by atoms with van der Waals surface area (Å²) in [5, 5.41) is 0. The zero-order chi connectivity index (χ0) is 20.1. The Hall–Kier alpha value is -1.92. The van der Waals surface area contributed by atoms with E-state index in [0.717, 1.165) is 84.6 Å². The molecule has 2 amide bonds. The Labute approximate surface area is 174 Å². The van der Waals surface area contributed by atoms with Gasteiger partial charge in [-0.15, -0.1) is 0 Å². The van der Waals surface area contributed by atoms with Crippen LogP contribution in [0.25, 0.3) is 0 Å². The maximum Gasteiger partial charge on any atom is 0.236 e. The van der Waals surface area contributed by atoms with Crippen LogP contribution in [0.1, 0.15) is 31.2 Å². The van der Waals surface area contributed by atoms with E-state index in [4.69, 9.17) is 0 Å². The van der Waals surface area contributed by atoms with Crippen LogP contribution in [0.5, 0.6) is 0 Å². The van der Waals surface area contributed by atoms with E-state index in [9.17, 15) is 9.59 Å². The molecule has 6 heteroatoms. The number of benzene rings is 1. The van der Waals surface area contributed by atoms with Crippen LogP contribution in [0, 0.1) is 5.92 Å². The maximum absolute atomic E-state index is 12.7. The average Bonchev–Trinajstić information content (AvgIpc) is 3.30. The number of amides is 2. The van der Waals surface area contributed by atoms with Crippen LogP contribution >= 0.6 is 0 Å². The number of piperazine rings is 1. The molecule has 6 nitrogen and oxygen atoms in total. The molecule has 3 aliphatic rings. The number of nitrogens with zero attached hydrogens (tertiary/aromatic N) is 4. The Bertz CT molecular complexity index is 673. The van der Waals surface area contributed by atoms with E-state index in [0.29, 0.717) is 12.5 Å². The number of carbonyl (C=O) groups excluding carboxylic acids is 2. The molecular formula is C23H34N4O2. The zero-order valence-electron chi connectivity index (χ0n) is 17.5. The highest BCUT2D eigenvalue weighted by atomic mass is 16.2. The molecule has 0 N–H and O–H groups in total. The second-order valence-corrected chi connectivity index (χ2v) is 8.73. The first kappa shape index (κ1) is 20.4. The largest absolute Gasteiger partial charge is 0.342 e. The van der Waals surface area contributed by atoms with Crippen LogP contribution < -0.4 is 0 Å². The van der Waals surface area contributed by atoms with E-state index in [1.807, 2.05) is 9.80 Å². The molecule has 0 atom stereocenters. The van der Waals surface area contributed by atoms with Crippen molar-refractivity contribution in [1.82, 2.24) is 19.6 Å². The standard InChI is InChI=1S/C23H34N4O2/c28-22(26-12-8-21(9-13-26)23(29)27-10-4-5-11-27)19-25-16-14-24(15-17-25)18-20-6-2-1-3-7-20/h1-3,6-7,21H,4-5,8-19H2. The van der Waals surface area contributed by atoms with Crippen LogP contribution in [0.3, 0.4) is 0 Å². The van der Waals surface area contributed by atoms with Gasteiger partial charge in [-0.3, -0.25) is 19.4 Å². The zero-order valence-corrected chi connectivity index (χ0v) is 17.5. The van der Waals surface area contributed by atoms with Crippen molar-refractivity contribution < 1.29 is 9.59 Å². The minimum atomic E-state index is 0.124. The third kappa shape index (κ3) is 5.37. The summed E-state index contributed by atoms with van der Waals surface area (Å²) in [6, 6.07) is 10.6. The molecule has 3 saturated heterocycles. The van der Waals surface area contributed by atoms with Crippen molar-refractivity contribution in [2.24, 2.45) is 5.92 Å². The molecule has 3 heterocycles. The molecule has 29 heavy (non-hydrogen) atoms. The SMILES string of the molecule is O=C(CN1CCN(Cc2ccccc2)CC1)N1CCC(C(=O)N2CCCC2)CC1. The van der Waals surface area contributed by atoms with Gasteiger partial charge in [0.2, 0.25) is 11.8 Å². The third-order valence-electron chi connectivity index (χ3n) is 6.69. The fraction of sp³-hybridized carbons (Fsp3) is 0.652. The summed E-state index contributed by atoms with van der Waals surface area (Å²) in [6.07, 6.45) is 3.93. The monoisotopic (exact) mass is 398 g/mol. The lowest BCUT2D eigenvalue weighted by Gasteiger charge is -2.37. The molecule has 0 bridgehead atoms. The lowest BCUT2D eigenvalue weighted by molar-refractivity contribution is -0.140. The molecule has 0 aromatic heterocycles. The van der Waals surface area contributed by atoms with Gasteiger partial charge in [-0.05, 0) is 31.2 Å². The number of carbonyl (C=O) groups is 2. The van der Waals surface area contributed by atoms with Crippen molar-refractivity contribution in [2.75, 3.05) is 58.9 Å². The number of piperidine rings is 1. The molecule has 0 radical (unpaired) electrons. The van der Waals surface area contributed by atoms with Gasteiger partial charge in [0.25, 0.3) is 0 Å². The summed E-state index contributed by atoms with van der Waals surface area (Å²) in [4.78, 5) is 34.1. The van der Waals surface area contributed by atoms with E-state index in [1.165, 1.54) is 5.56 Å². The molecule has 3 aliphatic heterocycles. The lowest BCUT2D eigenvalue weighted by Crippen LogP contribution is -2.51. The summed E-state index contributed by atoms with van der Waals surface area (Å²) in [7, 11) is 0. The van der Waals surface area contributed by atoms with Gasteiger partial charge in [-0.2, -0.15) is 0 Å². The topological polar surface area (TPSA) is 47.1 Å². The highest BCUT2D eigenvalue weighted by Gasteiger charge is 2.31. The molecule has 1 aromatic carbocycles. The highest BCUT2D eigenvalue weighted by molar-refractivity contribution is 5.81. The fourth-order valence-corrected chi connectivity index (χ4v) is 4.81. The van der Waals surface area contributed by atoms with Gasteiger partial charge < -0.3 is 9.80 Å². The Morgan fingerprint density at radius 3 is 2.03 bits per heavy atom. The van der Waals surface area contributed by atoms with Gasteiger partial charge in [0.05, 0.1) is 6.54 Å². The quantitative estimate of drug-likeness (QED) is 0.757. The molecule has 0 saturated carbocycles. The molecule has 0 spiro atoms. The van der Waals surface area contributed by atoms with Gasteiger partial charge in [0.1, 0.15) is 0 Å². The molecule has 4 rings (SSSR count). The minimum absolute atomic E-state index is 0.124. The van der Waals surface area contributed by atoms with Gasteiger partial charge in [0.15, 0.2) is 0 Å². The van der Waals surface area contributed by atoms with E-state index in [1.54, 1.807) is 0 Å². The number of hydrogen-bond acceptors (Lipinski definition) is 4. The Balaban J connectivity index is 1.16. The average molecular weight is 399 g/mol. The predicted octanol–water partition coefficient (Wildman–Crippen LogP) is 1.67. The second kappa shape index (κ2) is 9.72. The van der Waals surface area contributed by atoms with E-state index in [2.05, 4.69) is 40.1 Å². The van der Waals surface area contributed by atoms with Crippen molar-refractivity contribution in [3.8, 4) is 0 Å². The van der Waals surface area contributed by atoms with Crippen LogP contribution in [-0.4, -0.2) is 90.3 Å². The van der Waals surface area contributed by atoms with Gasteiger partial charge in [-0.25, -0.2) is 0 Å². The van der Waals surface area contributed by atoms with Crippen LogP contribution in [-0.2, 0) is 16.1 Å². The summed E-state index contributed by atoms with van der Waals surface area (Å²) < 4.78 is 0. The van der Waals surface area contributed by atoms with Gasteiger partial charge in [0, 0.05) is 64.8 Å². The second-order valence-electron chi connectivity index (χ2n) is 8.73. The van der Waals surface area contributed by atoms with Crippen LogP contribution in [0.15, 0.2) is 30.3 Å². The Morgan fingerprint density at radius 2 is 1.38 bits per heavy atom. The summed E-state index contributed by atoms with van der Waals surface area (Å²) >= 11 is 0. The minimum Gasteiger partial charge on any atom is -0.342 e. The smallest absolute Gasteiger partial charge is 0.236 e. The van der Waals surface area contributed by atoms with Crippen LogP contribution in [0.4, 0.5) is 0 Å². The molecule has 3 fully saturated rings. The van der Waals surface area contributed by atoms with Crippen molar-refractivity contribution in [2.45, 2.75) is 32.2 Å². The normalized spacial score (nSPS) is 22.2.